The van der Waals surface area contributed by atoms with Gasteiger partial charge < -0.3 is 10.6 Å². The van der Waals surface area contributed by atoms with E-state index in [1.54, 1.807) is 17.5 Å². The summed E-state index contributed by atoms with van der Waals surface area (Å²) in [6.45, 7) is 4.21. The summed E-state index contributed by atoms with van der Waals surface area (Å²) in [6, 6.07) is 9.29. The summed E-state index contributed by atoms with van der Waals surface area (Å²) in [7, 11) is -3.78. The molecule has 0 saturated heterocycles. The molecular formula is C19H23ClN2O4S2. The van der Waals surface area contributed by atoms with Gasteiger partial charge in [-0.25, -0.2) is 8.42 Å². The van der Waals surface area contributed by atoms with Crippen LogP contribution in [-0.2, 0) is 19.4 Å². The van der Waals surface area contributed by atoms with Gasteiger partial charge in [0, 0.05) is 23.0 Å². The Kier molecular flexibility index (Phi) is 8.03. The third kappa shape index (κ3) is 6.05. The van der Waals surface area contributed by atoms with Gasteiger partial charge in [0.05, 0.1) is 4.90 Å². The van der Waals surface area contributed by atoms with E-state index in [0.29, 0.717) is 22.4 Å². The van der Waals surface area contributed by atoms with E-state index in [1.807, 2.05) is 13.8 Å². The van der Waals surface area contributed by atoms with E-state index in [1.165, 1.54) is 35.6 Å². The first-order chi connectivity index (χ1) is 13.2. The highest BCUT2D eigenvalue weighted by molar-refractivity contribution is 7.91. The molecule has 0 bridgehead atoms. The Bertz CT molecular complexity index is 895. The van der Waals surface area contributed by atoms with Crippen LogP contribution in [0.1, 0.15) is 30.4 Å². The number of sulfone groups is 1. The molecule has 0 aliphatic heterocycles. The molecule has 0 aliphatic carbocycles. The largest absolute Gasteiger partial charge is 0.348 e. The number of carbonyl (C=O) groups is 2. The number of nitrogens with one attached hydrogen (secondary N) is 2. The Morgan fingerprint density at radius 2 is 1.71 bits per heavy atom. The zero-order valence-corrected chi connectivity index (χ0v) is 18.0. The highest BCUT2D eigenvalue weighted by Crippen LogP contribution is 2.31. The second-order valence-corrected chi connectivity index (χ2v) is 10.2. The van der Waals surface area contributed by atoms with E-state index in [2.05, 4.69) is 10.6 Å². The monoisotopic (exact) mass is 442 g/mol. The molecule has 0 aliphatic rings. The third-order valence-electron chi connectivity index (χ3n) is 4.04. The standard InChI is InChI=1S/C19H23ClN2O4S2/c1-13(2)9-10-21-18(23)19(24)22-12-17(16-4-3-11-27-16)28(25,26)15-7-5-14(20)6-8-15/h3-8,11,13,17H,9-10,12H2,1-2H3,(H,21,23)(H,22,24)/t17-/m0/s1. The van der Waals surface area contributed by atoms with Gasteiger partial charge in [-0.15, -0.1) is 11.3 Å². The molecule has 152 valence electrons. The number of carbonyl (C=O) groups excluding carboxylic acids is 2. The minimum atomic E-state index is -3.78. The molecule has 0 unspecified atom stereocenters. The first-order valence-electron chi connectivity index (χ1n) is 8.80. The Morgan fingerprint density at radius 1 is 1.07 bits per heavy atom. The topological polar surface area (TPSA) is 92.3 Å². The lowest BCUT2D eigenvalue weighted by molar-refractivity contribution is -0.139. The van der Waals surface area contributed by atoms with Crippen molar-refractivity contribution in [2.75, 3.05) is 13.1 Å². The molecule has 6 nitrogen and oxygen atoms in total. The van der Waals surface area contributed by atoms with Gasteiger partial charge in [-0.05, 0) is 48.1 Å². The molecule has 0 spiro atoms. The maximum absolute atomic E-state index is 13.1. The number of rotatable bonds is 8. The zero-order valence-electron chi connectivity index (χ0n) is 15.6. The van der Waals surface area contributed by atoms with Gasteiger partial charge in [0.2, 0.25) is 0 Å². The minimum Gasteiger partial charge on any atom is -0.348 e. The van der Waals surface area contributed by atoms with Crippen molar-refractivity contribution in [1.29, 1.82) is 0 Å². The highest BCUT2D eigenvalue weighted by atomic mass is 35.5. The third-order valence-corrected chi connectivity index (χ3v) is 7.52. The van der Waals surface area contributed by atoms with Crippen molar-refractivity contribution >= 4 is 44.6 Å². The summed E-state index contributed by atoms with van der Waals surface area (Å²) in [6.07, 6.45) is 0.752. The Morgan fingerprint density at radius 3 is 2.29 bits per heavy atom. The minimum absolute atomic E-state index is 0.103. The smallest absolute Gasteiger partial charge is 0.309 e. The van der Waals surface area contributed by atoms with Crippen LogP contribution in [0.4, 0.5) is 0 Å². The summed E-state index contributed by atoms with van der Waals surface area (Å²) in [5, 5.41) is 6.18. The molecule has 28 heavy (non-hydrogen) atoms. The van der Waals surface area contributed by atoms with Crippen LogP contribution >= 0.6 is 22.9 Å². The molecule has 2 amide bonds. The summed E-state index contributed by atoms with van der Waals surface area (Å²) < 4.78 is 26.2. The molecule has 1 aromatic carbocycles. The van der Waals surface area contributed by atoms with Crippen molar-refractivity contribution < 1.29 is 18.0 Å². The summed E-state index contributed by atoms with van der Waals surface area (Å²) in [5.41, 5.74) is 0. The molecule has 2 N–H and O–H groups in total. The number of hydrogen-bond acceptors (Lipinski definition) is 5. The van der Waals surface area contributed by atoms with Crippen molar-refractivity contribution in [3.8, 4) is 0 Å². The predicted octanol–water partition coefficient (Wildman–Crippen LogP) is 3.20. The first kappa shape index (κ1) is 22.4. The number of benzene rings is 1. The fourth-order valence-electron chi connectivity index (χ4n) is 2.45. The van der Waals surface area contributed by atoms with Crippen LogP contribution < -0.4 is 10.6 Å². The van der Waals surface area contributed by atoms with Crippen LogP contribution in [0.15, 0.2) is 46.7 Å². The zero-order chi connectivity index (χ0) is 20.7. The molecule has 0 fully saturated rings. The molecule has 9 heteroatoms. The average molecular weight is 443 g/mol. The normalized spacial score (nSPS) is 12.6. The summed E-state index contributed by atoms with van der Waals surface area (Å²) >= 11 is 7.12. The van der Waals surface area contributed by atoms with Gasteiger partial charge in [-0.1, -0.05) is 31.5 Å². The van der Waals surface area contributed by atoms with E-state index in [0.717, 1.165) is 6.42 Å². The van der Waals surface area contributed by atoms with E-state index in [-0.39, 0.29) is 11.4 Å². The van der Waals surface area contributed by atoms with Crippen LogP contribution in [0.25, 0.3) is 0 Å². The molecule has 2 rings (SSSR count). The van der Waals surface area contributed by atoms with E-state index >= 15 is 0 Å². The number of amides is 2. The number of thiophene rings is 1. The molecule has 2 aromatic rings. The quantitative estimate of drug-likeness (QED) is 0.614. The van der Waals surface area contributed by atoms with Gasteiger partial charge in [0.1, 0.15) is 5.25 Å². The Labute approximate surface area is 174 Å². The second kappa shape index (κ2) is 10.0. The summed E-state index contributed by atoms with van der Waals surface area (Å²) in [5.74, 6) is -1.22. The van der Waals surface area contributed by atoms with Crippen molar-refractivity contribution in [2.24, 2.45) is 5.92 Å². The molecule has 1 atom stereocenters. The molecule has 1 heterocycles. The predicted molar refractivity (Wildman–Crippen MR) is 111 cm³/mol. The van der Waals surface area contributed by atoms with E-state index in [4.69, 9.17) is 11.6 Å². The lowest BCUT2D eigenvalue weighted by Gasteiger charge is -2.17. The Hall–Kier alpha value is -1.90. The first-order valence-corrected chi connectivity index (χ1v) is 11.6. The molecule has 1 aromatic heterocycles. The number of hydrogen-bond donors (Lipinski definition) is 2. The molecule has 0 radical (unpaired) electrons. The van der Waals surface area contributed by atoms with E-state index in [9.17, 15) is 18.0 Å². The number of halogens is 1. The lowest BCUT2D eigenvalue weighted by atomic mass is 10.1. The molecular weight excluding hydrogens is 420 g/mol. The van der Waals surface area contributed by atoms with Crippen molar-refractivity contribution in [2.45, 2.75) is 30.4 Å². The van der Waals surface area contributed by atoms with Crippen LogP contribution in [0.3, 0.4) is 0 Å². The molecule has 0 saturated carbocycles. The highest BCUT2D eigenvalue weighted by Gasteiger charge is 2.31. The van der Waals surface area contributed by atoms with Gasteiger partial charge >= 0.3 is 11.8 Å². The second-order valence-electron chi connectivity index (χ2n) is 6.65. The van der Waals surface area contributed by atoms with Gasteiger partial charge in [-0.2, -0.15) is 0 Å². The fourth-order valence-corrected chi connectivity index (χ4v) is 5.36. The van der Waals surface area contributed by atoms with Crippen LogP contribution in [0, 0.1) is 5.92 Å². The van der Waals surface area contributed by atoms with Gasteiger partial charge in [-0.3, -0.25) is 9.59 Å². The maximum atomic E-state index is 13.1. The SMILES string of the molecule is CC(C)CCNC(=O)C(=O)NC[C@@H](c1cccs1)S(=O)(=O)c1ccc(Cl)cc1. The summed E-state index contributed by atoms with van der Waals surface area (Å²) in [4.78, 5) is 24.6. The van der Waals surface area contributed by atoms with Crippen LogP contribution in [-0.4, -0.2) is 33.3 Å². The lowest BCUT2D eigenvalue weighted by Crippen LogP contribution is -2.42. The Balaban J connectivity index is 2.11. The van der Waals surface area contributed by atoms with Crippen molar-refractivity contribution in [3.05, 3.63) is 51.7 Å². The average Bonchev–Trinajstić information content (AvgIpc) is 3.15. The van der Waals surface area contributed by atoms with Crippen molar-refractivity contribution in [3.63, 3.8) is 0 Å². The fraction of sp³-hybridized carbons (Fsp3) is 0.368. The van der Waals surface area contributed by atoms with Crippen LogP contribution in [0.5, 0.6) is 0 Å². The van der Waals surface area contributed by atoms with E-state index < -0.39 is 26.9 Å². The van der Waals surface area contributed by atoms with Crippen molar-refractivity contribution in [1.82, 2.24) is 10.6 Å². The van der Waals surface area contributed by atoms with Crippen LogP contribution in [0.2, 0.25) is 5.02 Å². The van der Waals surface area contributed by atoms with Gasteiger partial charge in [0.15, 0.2) is 9.84 Å². The van der Waals surface area contributed by atoms with Gasteiger partial charge in [0.25, 0.3) is 0 Å². The maximum Gasteiger partial charge on any atom is 0.309 e.